The molecule has 1 aromatic carbocycles. The summed E-state index contributed by atoms with van der Waals surface area (Å²) in [6, 6.07) is 14.0. The maximum Gasteiger partial charge on any atom is 0.407 e. The number of carbonyl (C=O) groups is 2. The van der Waals surface area contributed by atoms with Gasteiger partial charge in [-0.05, 0) is 43.9 Å². The summed E-state index contributed by atoms with van der Waals surface area (Å²) in [4.78, 5) is 30.6. The van der Waals surface area contributed by atoms with Gasteiger partial charge in [-0.2, -0.15) is 0 Å². The second kappa shape index (κ2) is 11.0. The Kier molecular flexibility index (Phi) is 7.59. The molecular formula is C24H32N6O3. The van der Waals surface area contributed by atoms with E-state index in [4.69, 9.17) is 4.74 Å². The Morgan fingerprint density at radius 3 is 2.39 bits per heavy atom. The molecule has 1 unspecified atom stereocenters. The number of hydrogen-bond acceptors (Lipinski definition) is 7. The summed E-state index contributed by atoms with van der Waals surface area (Å²) in [7, 11) is 0. The minimum absolute atomic E-state index is 0.0733. The fourth-order valence-electron chi connectivity index (χ4n) is 4.30. The molecule has 2 fully saturated rings. The minimum atomic E-state index is -0.593. The van der Waals surface area contributed by atoms with E-state index in [0.717, 1.165) is 23.7 Å². The van der Waals surface area contributed by atoms with Crippen LogP contribution >= 0.6 is 0 Å². The highest BCUT2D eigenvalue weighted by Crippen LogP contribution is 2.23. The molecule has 0 saturated carbocycles. The second-order valence-corrected chi connectivity index (χ2v) is 8.57. The number of benzene rings is 1. The lowest BCUT2D eigenvalue weighted by molar-refractivity contribution is -0.130. The third-order valence-electron chi connectivity index (χ3n) is 6.29. The summed E-state index contributed by atoms with van der Waals surface area (Å²) in [6.45, 7) is 5.88. The fraction of sp³-hybridized carbons (Fsp3) is 0.500. The maximum atomic E-state index is 12.5. The van der Waals surface area contributed by atoms with Crippen LogP contribution in [0.4, 0.5) is 16.4 Å². The molecule has 2 amide bonds. The van der Waals surface area contributed by atoms with Crippen molar-refractivity contribution in [3.63, 3.8) is 0 Å². The van der Waals surface area contributed by atoms with E-state index in [-0.39, 0.29) is 19.1 Å². The summed E-state index contributed by atoms with van der Waals surface area (Å²) < 4.78 is 5.15. The van der Waals surface area contributed by atoms with Gasteiger partial charge in [0.05, 0.1) is 0 Å². The molecule has 176 valence electrons. The summed E-state index contributed by atoms with van der Waals surface area (Å²) in [6.07, 6.45) is 3.07. The molecule has 2 aromatic rings. The predicted molar refractivity (Wildman–Crippen MR) is 126 cm³/mol. The van der Waals surface area contributed by atoms with E-state index in [2.05, 4.69) is 32.2 Å². The number of amides is 2. The number of piperidine rings is 1. The van der Waals surface area contributed by atoms with Crippen molar-refractivity contribution in [1.82, 2.24) is 20.4 Å². The molecule has 3 heterocycles. The summed E-state index contributed by atoms with van der Waals surface area (Å²) in [5.74, 6) is 1.65. The van der Waals surface area contributed by atoms with Crippen LogP contribution < -0.4 is 15.1 Å². The minimum Gasteiger partial charge on any atom is -0.445 e. The lowest BCUT2D eigenvalue weighted by atomic mass is 10.0. The molecule has 2 aliphatic heterocycles. The monoisotopic (exact) mass is 452 g/mol. The standard InChI is InChI=1S/C24H32N6O3/c1-19-7-5-6-12-30(19)22-11-10-21(26-27-22)28-13-15-29(16-14-28)23(31)17-25-24(32)33-18-20-8-3-2-4-9-20/h2-4,8-11,19H,5-7,12-18H2,1H3,(H,25,32). The third-order valence-corrected chi connectivity index (χ3v) is 6.29. The normalized spacial score (nSPS) is 18.7. The number of alkyl carbamates (subject to hydrolysis) is 1. The van der Waals surface area contributed by atoms with Gasteiger partial charge < -0.3 is 24.8 Å². The van der Waals surface area contributed by atoms with Crippen molar-refractivity contribution >= 4 is 23.6 Å². The number of ether oxygens (including phenoxy) is 1. The molecule has 1 atom stereocenters. The van der Waals surface area contributed by atoms with Gasteiger partial charge in [0.1, 0.15) is 13.2 Å². The summed E-state index contributed by atoms with van der Waals surface area (Å²) >= 11 is 0. The van der Waals surface area contributed by atoms with Gasteiger partial charge in [-0.1, -0.05) is 30.3 Å². The number of carbonyl (C=O) groups excluding carboxylic acids is 2. The van der Waals surface area contributed by atoms with Crippen LogP contribution in [0.15, 0.2) is 42.5 Å². The maximum absolute atomic E-state index is 12.5. The fourth-order valence-corrected chi connectivity index (χ4v) is 4.30. The molecule has 2 saturated heterocycles. The van der Waals surface area contributed by atoms with Crippen molar-refractivity contribution < 1.29 is 14.3 Å². The summed E-state index contributed by atoms with van der Waals surface area (Å²) in [5.41, 5.74) is 0.900. The van der Waals surface area contributed by atoms with E-state index in [1.807, 2.05) is 42.5 Å². The topological polar surface area (TPSA) is 90.9 Å². The largest absolute Gasteiger partial charge is 0.445 e. The first-order valence-electron chi connectivity index (χ1n) is 11.7. The van der Waals surface area contributed by atoms with Gasteiger partial charge >= 0.3 is 6.09 Å². The van der Waals surface area contributed by atoms with Gasteiger partial charge in [0.2, 0.25) is 5.91 Å². The second-order valence-electron chi connectivity index (χ2n) is 8.57. The molecule has 1 N–H and O–H groups in total. The highest BCUT2D eigenvalue weighted by Gasteiger charge is 2.24. The van der Waals surface area contributed by atoms with Crippen molar-refractivity contribution in [1.29, 1.82) is 0 Å². The van der Waals surface area contributed by atoms with Crippen molar-refractivity contribution in [3.05, 3.63) is 48.0 Å². The van der Waals surface area contributed by atoms with Gasteiger partial charge in [-0.3, -0.25) is 4.79 Å². The average molecular weight is 453 g/mol. The van der Waals surface area contributed by atoms with E-state index in [9.17, 15) is 9.59 Å². The molecule has 2 aliphatic rings. The number of nitrogens with one attached hydrogen (secondary N) is 1. The SMILES string of the molecule is CC1CCCCN1c1ccc(N2CCN(C(=O)CNC(=O)OCc3ccccc3)CC2)nn1. The Balaban J connectivity index is 1.19. The number of nitrogens with zero attached hydrogens (tertiary/aromatic N) is 5. The van der Waals surface area contributed by atoms with E-state index < -0.39 is 6.09 Å². The van der Waals surface area contributed by atoms with Crippen molar-refractivity contribution in [2.75, 3.05) is 49.1 Å². The molecule has 0 spiro atoms. The molecule has 4 rings (SSSR count). The van der Waals surface area contributed by atoms with Crippen LogP contribution in [0.2, 0.25) is 0 Å². The van der Waals surface area contributed by atoms with E-state index in [1.165, 1.54) is 19.3 Å². The summed E-state index contributed by atoms with van der Waals surface area (Å²) in [5, 5.41) is 11.4. The number of anilines is 2. The zero-order valence-corrected chi connectivity index (χ0v) is 19.2. The van der Waals surface area contributed by atoms with E-state index >= 15 is 0 Å². The van der Waals surface area contributed by atoms with Gasteiger partial charge in [0.15, 0.2) is 11.6 Å². The highest BCUT2D eigenvalue weighted by molar-refractivity contribution is 5.82. The predicted octanol–water partition coefficient (Wildman–Crippen LogP) is 2.43. The molecule has 33 heavy (non-hydrogen) atoms. The van der Waals surface area contributed by atoms with Crippen molar-refractivity contribution in [3.8, 4) is 0 Å². The average Bonchev–Trinajstić information content (AvgIpc) is 2.87. The first-order chi connectivity index (χ1) is 16.1. The van der Waals surface area contributed by atoms with Crippen LogP contribution in [0.5, 0.6) is 0 Å². The van der Waals surface area contributed by atoms with Crippen LogP contribution in [0.25, 0.3) is 0 Å². The van der Waals surface area contributed by atoms with Crippen molar-refractivity contribution in [2.24, 2.45) is 0 Å². The molecule has 0 aliphatic carbocycles. The van der Waals surface area contributed by atoms with Crippen LogP contribution in [-0.2, 0) is 16.1 Å². The third kappa shape index (κ3) is 6.12. The number of piperazine rings is 1. The molecule has 9 nitrogen and oxygen atoms in total. The first-order valence-corrected chi connectivity index (χ1v) is 11.7. The smallest absolute Gasteiger partial charge is 0.407 e. The van der Waals surface area contributed by atoms with E-state index in [0.29, 0.717) is 32.2 Å². The van der Waals surface area contributed by atoms with Gasteiger partial charge in [0.25, 0.3) is 0 Å². The number of hydrogen-bond donors (Lipinski definition) is 1. The Morgan fingerprint density at radius 2 is 1.70 bits per heavy atom. The highest BCUT2D eigenvalue weighted by atomic mass is 16.5. The molecular weight excluding hydrogens is 420 g/mol. The lowest BCUT2D eigenvalue weighted by Crippen LogP contribution is -2.51. The van der Waals surface area contributed by atoms with Gasteiger partial charge in [-0.15, -0.1) is 10.2 Å². The zero-order chi connectivity index (χ0) is 23.0. The van der Waals surface area contributed by atoms with Crippen LogP contribution in [-0.4, -0.2) is 72.4 Å². The Bertz CT molecular complexity index is 916. The number of aromatic nitrogens is 2. The van der Waals surface area contributed by atoms with Crippen LogP contribution in [0.1, 0.15) is 31.7 Å². The van der Waals surface area contributed by atoms with Gasteiger partial charge in [-0.25, -0.2) is 4.79 Å². The molecule has 0 radical (unpaired) electrons. The van der Waals surface area contributed by atoms with Gasteiger partial charge in [0, 0.05) is 38.8 Å². The Hall–Kier alpha value is -3.36. The molecule has 1 aromatic heterocycles. The Labute approximate surface area is 194 Å². The Morgan fingerprint density at radius 1 is 0.970 bits per heavy atom. The van der Waals surface area contributed by atoms with Crippen molar-refractivity contribution in [2.45, 2.75) is 38.8 Å². The zero-order valence-electron chi connectivity index (χ0n) is 19.2. The van der Waals surface area contributed by atoms with Crippen LogP contribution in [0.3, 0.4) is 0 Å². The van der Waals surface area contributed by atoms with E-state index in [1.54, 1.807) is 4.90 Å². The van der Waals surface area contributed by atoms with Crippen LogP contribution in [0, 0.1) is 0 Å². The lowest BCUT2D eigenvalue weighted by Gasteiger charge is -2.36. The number of rotatable bonds is 6. The molecule has 0 bridgehead atoms. The quantitative estimate of drug-likeness (QED) is 0.720. The molecule has 9 heteroatoms. The first kappa shape index (κ1) is 22.8.